The van der Waals surface area contributed by atoms with E-state index in [1.165, 1.54) is 19.7 Å². The molecule has 1 aromatic heterocycles. The number of carbonyl (C=O) groups is 3. The molecule has 2 heterocycles. The molecule has 32 heavy (non-hydrogen) atoms. The highest BCUT2D eigenvalue weighted by Crippen LogP contribution is 2.28. The van der Waals surface area contributed by atoms with Gasteiger partial charge in [0, 0.05) is 41.2 Å². The van der Waals surface area contributed by atoms with Crippen molar-refractivity contribution < 1.29 is 19.1 Å². The molecule has 1 aliphatic heterocycles. The third-order valence-corrected chi connectivity index (χ3v) is 5.93. The van der Waals surface area contributed by atoms with E-state index in [9.17, 15) is 14.4 Å². The van der Waals surface area contributed by atoms with E-state index in [0.29, 0.717) is 18.7 Å². The first-order valence-corrected chi connectivity index (χ1v) is 10.8. The molecule has 2 aromatic carbocycles. The molecule has 1 saturated heterocycles. The fourth-order valence-electron chi connectivity index (χ4n) is 3.62. The van der Waals surface area contributed by atoms with E-state index in [0.717, 1.165) is 30.9 Å². The lowest BCUT2D eigenvalue weighted by atomic mass is 10.1. The summed E-state index contributed by atoms with van der Waals surface area (Å²) in [6.07, 6.45) is 3.44. The van der Waals surface area contributed by atoms with Gasteiger partial charge in [0.2, 0.25) is 0 Å². The van der Waals surface area contributed by atoms with E-state index in [4.69, 9.17) is 4.74 Å². The van der Waals surface area contributed by atoms with Gasteiger partial charge in [0.1, 0.15) is 17.9 Å². The van der Waals surface area contributed by atoms with Crippen molar-refractivity contribution in [3.63, 3.8) is 0 Å². The van der Waals surface area contributed by atoms with Gasteiger partial charge >= 0.3 is 6.03 Å². The molecule has 4 rings (SSSR count). The van der Waals surface area contributed by atoms with Crippen LogP contribution in [0.3, 0.4) is 0 Å². The number of amides is 4. The number of carbonyl (C=O) groups excluding carboxylic acids is 3. The smallest absolute Gasteiger partial charge is 0.333 e. The van der Waals surface area contributed by atoms with E-state index in [2.05, 4.69) is 15.9 Å². The molecule has 4 amide bonds. The number of hydrogen-bond acceptors (Lipinski definition) is 4. The van der Waals surface area contributed by atoms with Crippen LogP contribution in [-0.2, 0) is 16.1 Å². The van der Waals surface area contributed by atoms with Gasteiger partial charge in [0.25, 0.3) is 11.8 Å². The van der Waals surface area contributed by atoms with Crippen LogP contribution in [0.5, 0.6) is 5.75 Å². The monoisotopic (exact) mass is 495 g/mol. The molecule has 0 radical (unpaired) electrons. The molecule has 0 aliphatic carbocycles. The predicted octanol–water partition coefficient (Wildman–Crippen LogP) is 4.23. The standard InChI is InChI=1S/C24H22BrN3O4/c1-15-4-7-18(8-5-15)32-11-10-28-14-16(19-13-17(25)6-9-21(19)28)12-20-22(29)26(2)24(31)27(3)23(20)30/h4-9,12-14H,10-11H2,1-3H3. The van der Waals surface area contributed by atoms with Crippen molar-refractivity contribution in [1.82, 2.24) is 14.4 Å². The summed E-state index contributed by atoms with van der Waals surface area (Å²) >= 11 is 3.49. The second-order valence-corrected chi connectivity index (χ2v) is 8.59. The van der Waals surface area contributed by atoms with Crippen LogP contribution in [-0.4, -0.2) is 52.9 Å². The fraction of sp³-hybridized carbons (Fsp3) is 0.208. The molecule has 0 spiro atoms. The van der Waals surface area contributed by atoms with E-state index < -0.39 is 17.8 Å². The lowest BCUT2D eigenvalue weighted by Crippen LogP contribution is -2.52. The zero-order valence-electron chi connectivity index (χ0n) is 18.0. The van der Waals surface area contributed by atoms with E-state index in [-0.39, 0.29) is 5.57 Å². The van der Waals surface area contributed by atoms with Crippen LogP contribution in [0.2, 0.25) is 0 Å². The second kappa shape index (κ2) is 8.63. The molecule has 0 atom stereocenters. The second-order valence-electron chi connectivity index (χ2n) is 7.67. The molecule has 3 aromatic rings. The Morgan fingerprint density at radius 3 is 2.28 bits per heavy atom. The lowest BCUT2D eigenvalue weighted by molar-refractivity contribution is -0.134. The number of imide groups is 2. The fourth-order valence-corrected chi connectivity index (χ4v) is 3.98. The van der Waals surface area contributed by atoms with Gasteiger partial charge in [-0.15, -0.1) is 0 Å². The summed E-state index contributed by atoms with van der Waals surface area (Å²) in [5.74, 6) is -0.431. The largest absolute Gasteiger partial charge is 0.492 e. The molecule has 164 valence electrons. The van der Waals surface area contributed by atoms with Crippen molar-refractivity contribution in [3.8, 4) is 5.75 Å². The van der Waals surface area contributed by atoms with Gasteiger partial charge < -0.3 is 9.30 Å². The molecule has 0 bridgehead atoms. The normalized spacial score (nSPS) is 14.5. The van der Waals surface area contributed by atoms with Gasteiger partial charge in [-0.3, -0.25) is 19.4 Å². The van der Waals surface area contributed by atoms with Crippen LogP contribution in [0.15, 0.2) is 58.7 Å². The number of halogens is 1. The quantitative estimate of drug-likeness (QED) is 0.392. The van der Waals surface area contributed by atoms with E-state index in [1.807, 2.05) is 60.2 Å². The Bertz CT molecular complexity index is 1230. The lowest BCUT2D eigenvalue weighted by Gasteiger charge is -2.28. The predicted molar refractivity (Wildman–Crippen MR) is 125 cm³/mol. The maximum Gasteiger partial charge on any atom is 0.333 e. The average Bonchev–Trinajstić information content (AvgIpc) is 3.11. The maximum absolute atomic E-state index is 12.6. The molecular formula is C24H22BrN3O4. The summed E-state index contributed by atoms with van der Waals surface area (Å²) in [7, 11) is 2.73. The van der Waals surface area contributed by atoms with Gasteiger partial charge in [0.15, 0.2) is 0 Å². The van der Waals surface area contributed by atoms with Crippen molar-refractivity contribution in [2.24, 2.45) is 0 Å². The number of aromatic nitrogens is 1. The van der Waals surface area contributed by atoms with Crippen LogP contribution >= 0.6 is 15.9 Å². The molecule has 0 N–H and O–H groups in total. The Hall–Kier alpha value is -3.39. The van der Waals surface area contributed by atoms with Gasteiger partial charge in [-0.2, -0.15) is 0 Å². The van der Waals surface area contributed by atoms with Crippen LogP contribution in [0.4, 0.5) is 4.79 Å². The first kappa shape index (κ1) is 21.8. The molecule has 0 unspecified atom stereocenters. The van der Waals surface area contributed by atoms with Crippen molar-refractivity contribution >= 4 is 50.8 Å². The Balaban J connectivity index is 1.66. The number of urea groups is 1. The summed E-state index contributed by atoms with van der Waals surface area (Å²) in [5, 5.41) is 0.880. The number of rotatable bonds is 5. The van der Waals surface area contributed by atoms with Crippen LogP contribution in [0.1, 0.15) is 11.1 Å². The third-order valence-electron chi connectivity index (χ3n) is 5.44. The van der Waals surface area contributed by atoms with Gasteiger partial charge in [-0.25, -0.2) is 4.79 Å². The van der Waals surface area contributed by atoms with Gasteiger partial charge in [0.05, 0.1) is 6.54 Å². The third kappa shape index (κ3) is 4.05. The SMILES string of the molecule is Cc1ccc(OCCn2cc(C=C3C(=O)N(C)C(=O)N(C)C3=O)c3cc(Br)ccc32)cc1. The molecule has 1 aliphatic rings. The zero-order chi connectivity index (χ0) is 23.0. The Morgan fingerprint density at radius 1 is 0.969 bits per heavy atom. The van der Waals surface area contributed by atoms with E-state index in [1.54, 1.807) is 6.08 Å². The van der Waals surface area contributed by atoms with Crippen molar-refractivity contribution in [3.05, 3.63) is 69.8 Å². The summed E-state index contributed by atoms with van der Waals surface area (Å²) in [6.45, 7) is 3.06. The van der Waals surface area contributed by atoms with Crippen LogP contribution < -0.4 is 4.74 Å². The molecule has 1 fully saturated rings. The number of likely N-dealkylation sites (N-methyl/N-ethyl adjacent to an activating group) is 2. The van der Waals surface area contributed by atoms with Crippen molar-refractivity contribution in [2.45, 2.75) is 13.5 Å². The Morgan fingerprint density at radius 2 is 1.62 bits per heavy atom. The van der Waals surface area contributed by atoms with E-state index >= 15 is 0 Å². The minimum atomic E-state index is -0.643. The summed E-state index contributed by atoms with van der Waals surface area (Å²) < 4.78 is 8.77. The van der Waals surface area contributed by atoms with Crippen LogP contribution in [0, 0.1) is 6.92 Å². The van der Waals surface area contributed by atoms with Gasteiger partial charge in [-0.1, -0.05) is 33.6 Å². The van der Waals surface area contributed by atoms with Crippen LogP contribution in [0.25, 0.3) is 17.0 Å². The van der Waals surface area contributed by atoms with Gasteiger partial charge in [-0.05, 0) is 43.3 Å². The number of fused-ring (bicyclic) bond motifs is 1. The molecule has 7 nitrogen and oxygen atoms in total. The number of benzene rings is 2. The number of nitrogens with zero attached hydrogens (tertiary/aromatic N) is 3. The number of hydrogen-bond donors (Lipinski definition) is 0. The number of barbiturate groups is 1. The highest BCUT2D eigenvalue weighted by Gasteiger charge is 2.37. The maximum atomic E-state index is 12.6. The highest BCUT2D eigenvalue weighted by atomic mass is 79.9. The minimum Gasteiger partial charge on any atom is -0.492 e. The first-order valence-electron chi connectivity index (χ1n) is 10.1. The highest BCUT2D eigenvalue weighted by molar-refractivity contribution is 9.10. The summed E-state index contributed by atoms with van der Waals surface area (Å²) in [4.78, 5) is 39.1. The van der Waals surface area contributed by atoms with Crippen molar-refractivity contribution in [1.29, 1.82) is 0 Å². The molecule has 0 saturated carbocycles. The Kier molecular flexibility index (Phi) is 5.88. The summed E-state index contributed by atoms with van der Waals surface area (Å²) in [6, 6.07) is 13.1. The molecular weight excluding hydrogens is 474 g/mol. The average molecular weight is 496 g/mol. The zero-order valence-corrected chi connectivity index (χ0v) is 19.5. The molecule has 8 heteroatoms. The summed E-state index contributed by atoms with van der Waals surface area (Å²) in [5.41, 5.74) is 2.77. The first-order chi connectivity index (χ1) is 15.3. The number of ether oxygens (including phenoxy) is 1. The van der Waals surface area contributed by atoms with Crippen molar-refractivity contribution in [2.75, 3.05) is 20.7 Å². The number of aryl methyl sites for hydroxylation is 1. The Labute approximate surface area is 194 Å². The minimum absolute atomic E-state index is 0.0514. The topological polar surface area (TPSA) is 71.8 Å².